The number of rotatable bonds is 1. The Bertz CT molecular complexity index is 319. The average Bonchev–Trinajstić information content (AvgIpc) is 2.23. The third-order valence-corrected chi connectivity index (χ3v) is 3.45. The highest BCUT2D eigenvalue weighted by Crippen LogP contribution is 2.29. The molecule has 1 atom stereocenters. The third-order valence-electron chi connectivity index (χ3n) is 2.71. The maximum Gasteiger partial charge on any atom is 0.0595 e. The van der Waals surface area contributed by atoms with E-state index in [2.05, 4.69) is 11.4 Å². The molecule has 1 fully saturated rings. The fraction of sp³-hybridized carbons (Fsp3) is 0.455. The molecule has 0 unspecified atom stereocenters. The first-order chi connectivity index (χ1) is 6.77. The summed E-state index contributed by atoms with van der Waals surface area (Å²) in [6.45, 7) is 2.19. The van der Waals surface area contributed by atoms with Crippen molar-refractivity contribution >= 4 is 23.2 Å². The van der Waals surface area contributed by atoms with E-state index in [1.54, 1.807) is 0 Å². The fourth-order valence-corrected chi connectivity index (χ4v) is 2.21. The Balaban J connectivity index is 2.18. The first kappa shape index (κ1) is 10.3. The molecule has 1 nitrogen and oxygen atoms in total. The number of benzene rings is 1. The van der Waals surface area contributed by atoms with Crippen LogP contribution in [0.5, 0.6) is 0 Å². The van der Waals surface area contributed by atoms with Gasteiger partial charge in [0, 0.05) is 6.54 Å². The highest BCUT2D eigenvalue weighted by Gasteiger charge is 2.15. The second-order valence-electron chi connectivity index (χ2n) is 3.72. The summed E-state index contributed by atoms with van der Waals surface area (Å²) in [4.78, 5) is 0. The molecule has 2 rings (SSSR count). The predicted octanol–water partition coefficient (Wildman–Crippen LogP) is 3.46. The zero-order chi connectivity index (χ0) is 9.97. The molecule has 3 heteroatoms. The summed E-state index contributed by atoms with van der Waals surface area (Å²) in [5.41, 5.74) is 1.30. The van der Waals surface area contributed by atoms with Crippen molar-refractivity contribution in [2.75, 3.05) is 13.1 Å². The summed E-state index contributed by atoms with van der Waals surface area (Å²) < 4.78 is 0. The van der Waals surface area contributed by atoms with E-state index < -0.39 is 0 Å². The van der Waals surface area contributed by atoms with Gasteiger partial charge in [-0.3, -0.25) is 0 Å². The first-order valence-electron chi connectivity index (χ1n) is 4.93. The summed E-state index contributed by atoms with van der Waals surface area (Å²) in [7, 11) is 0. The molecule has 1 aromatic carbocycles. The molecule has 14 heavy (non-hydrogen) atoms. The van der Waals surface area contributed by atoms with Crippen molar-refractivity contribution < 1.29 is 0 Å². The number of hydrogen-bond donors (Lipinski definition) is 1. The van der Waals surface area contributed by atoms with Crippen molar-refractivity contribution in [1.29, 1.82) is 0 Å². The molecule has 0 bridgehead atoms. The van der Waals surface area contributed by atoms with Crippen LogP contribution in [0.1, 0.15) is 24.3 Å². The van der Waals surface area contributed by atoms with Crippen LogP contribution >= 0.6 is 23.2 Å². The van der Waals surface area contributed by atoms with Gasteiger partial charge in [0.2, 0.25) is 0 Å². The second-order valence-corrected chi connectivity index (χ2v) is 4.53. The minimum absolute atomic E-state index is 0.596. The zero-order valence-corrected chi connectivity index (χ0v) is 9.41. The minimum Gasteiger partial charge on any atom is -0.316 e. The van der Waals surface area contributed by atoms with Crippen molar-refractivity contribution in [2.24, 2.45) is 0 Å². The van der Waals surface area contributed by atoms with Crippen molar-refractivity contribution in [3.63, 3.8) is 0 Å². The van der Waals surface area contributed by atoms with Crippen LogP contribution in [0, 0.1) is 0 Å². The molecule has 1 aromatic rings. The topological polar surface area (TPSA) is 12.0 Å². The summed E-state index contributed by atoms with van der Waals surface area (Å²) in [6.07, 6.45) is 2.48. The Kier molecular flexibility index (Phi) is 3.32. The zero-order valence-electron chi connectivity index (χ0n) is 7.89. The van der Waals surface area contributed by atoms with E-state index in [4.69, 9.17) is 23.2 Å². The summed E-state index contributed by atoms with van der Waals surface area (Å²) in [5.74, 6) is 0.596. The maximum atomic E-state index is 5.98. The van der Waals surface area contributed by atoms with Gasteiger partial charge in [-0.2, -0.15) is 0 Å². The van der Waals surface area contributed by atoms with E-state index in [1.807, 2.05) is 12.1 Å². The Hall–Kier alpha value is -0.240. The Morgan fingerprint density at radius 2 is 2.07 bits per heavy atom. The van der Waals surface area contributed by atoms with Gasteiger partial charge < -0.3 is 5.32 Å². The Morgan fingerprint density at radius 1 is 1.21 bits per heavy atom. The van der Waals surface area contributed by atoms with Gasteiger partial charge in [0.1, 0.15) is 0 Å². The van der Waals surface area contributed by atoms with Gasteiger partial charge in [0.05, 0.1) is 10.0 Å². The van der Waals surface area contributed by atoms with E-state index in [-0.39, 0.29) is 0 Å². The lowest BCUT2D eigenvalue weighted by Gasteiger charge is -2.23. The van der Waals surface area contributed by atoms with Gasteiger partial charge in [0.25, 0.3) is 0 Å². The number of nitrogens with one attached hydrogen (secondary N) is 1. The summed E-state index contributed by atoms with van der Waals surface area (Å²) in [5, 5.41) is 4.69. The third kappa shape index (κ3) is 2.22. The Morgan fingerprint density at radius 3 is 2.71 bits per heavy atom. The molecule has 0 amide bonds. The molecule has 0 saturated carbocycles. The average molecular weight is 230 g/mol. The fourth-order valence-electron chi connectivity index (χ4n) is 1.90. The van der Waals surface area contributed by atoms with E-state index in [0.29, 0.717) is 16.0 Å². The van der Waals surface area contributed by atoms with Gasteiger partial charge in [0.15, 0.2) is 0 Å². The smallest absolute Gasteiger partial charge is 0.0595 e. The minimum atomic E-state index is 0.596. The van der Waals surface area contributed by atoms with E-state index in [0.717, 1.165) is 13.1 Å². The molecular weight excluding hydrogens is 217 g/mol. The van der Waals surface area contributed by atoms with Gasteiger partial charge >= 0.3 is 0 Å². The monoisotopic (exact) mass is 229 g/mol. The SMILES string of the molecule is Clc1ccc([C@@H]2CCCNC2)cc1Cl. The lowest BCUT2D eigenvalue weighted by Crippen LogP contribution is -2.28. The maximum absolute atomic E-state index is 5.98. The number of hydrogen-bond acceptors (Lipinski definition) is 1. The Labute approximate surface area is 94.4 Å². The highest BCUT2D eigenvalue weighted by molar-refractivity contribution is 6.42. The van der Waals surface area contributed by atoms with Crippen LogP contribution < -0.4 is 5.32 Å². The molecule has 0 aliphatic carbocycles. The molecule has 0 aromatic heterocycles. The largest absolute Gasteiger partial charge is 0.316 e. The number of piperidine rings is 1. The first-order valence-corrected chi connectivity index (χ1v) is 5.68. The molecule has 76 valence electrons. The van der Waals surface area contributed by atoms with Crippen molar-refractivity contribution in [1.82, 2.24) is 5.32 Å². The van der Waals surface area contributed by atoms with Crippen LogP contribution in [0.3, 0.4) is 0 Å². The molecule has 0 spiro atoms. The quantitative estimate of drug-likeness (QED) is 0.778. The van der Waals surface area contributed by atoms with Crippen LogP contribution in [-0.4, -0.2) is 13.1 Å². The summed E-state index contributed by atoms with van der Waals surface area (Å²) >= 11 is 11.9. The molecule has 0 radical (unpaired) electrons. The van der Waals surface area contributed by atoms with Crippen LogP contribution in [-0.2, 0) is 0 Å². The van der Waals surface area contributed by atoms with Gasteiger partial charge in [-0.25, -0.2) is 0 Å². The molecule has 1 heterocycles. The van der Waals surface area contributed by atoms with E-state index in [9.17, 15) is 0 Å². The van der Waals surface area contributed by atoms with Gasteiger partial charge in [-0.05, 0) is 43.0 Å². The second kappa shape index (κ2) is 4.52. The van der Waals surface area contributed by atoms with Crippen LogP contribution in [0.4, 0.5) is 0 Å². The van der Waals surface area contributed by atoms with E-state index >= 15 is 0 Å². The highest BCUT2D eigenvalue weighted by atomic mass is 35.5. The van der Waals surface area contributed by atoms with Gasteiger partial charge in [-0.15, -0.1) is 0 Å². The van der Waals surface area contributed by atoms with Crippen LogP contribution in [0.2, 0.25) is 10.0 Å². The molecule has 1 aliphatic rings. The lowest BCUT2D eigenvalue weighted by atomic mass is 9.92. The van der Waals surface area contributed by atoms with Crippen LogP contribution in [0.15, 0.2) is 18.2 Å². The van der Waals surface area contributed by atoms with Crippen molar-refractivity contribution in [3.8, 4) is 0 Å². The summed E-state index contributed by atoms with van der Waals surface area (Å²) in [6, 6.07) is 5.95. The number of halogens is 2. The predicted molar refractivity (Wildman–Crippen MR) is 61.3 cm³/mol. The van der Waals surface area contributed by atoms with Crippen molar-refractivity contribution in [2.45, 2.75) is 18.8 Å². The molecule has 1 aliphatic heterocycles. The van der Waals surface area contributed by atoms with Crippen LogP contribution in [0.25, 0.3) is 0 Å². The lowest BCUT2D eigenvalue weighted by molar-refractivity contribution is 0.461. The standard InChI is InChI=1S/C11H13Cl2N/c12-10-4-3-8(6-11(10)13)9-2-1-5-14-7-9/h3-4,6,9,14H,1-2,5,7H2/t9-/m1/s1. The normalized spacial score (nSPS) is 22.3. The van der Waals surface area contributed by atoms with Crippen molar-refractivity contribution in [3.05, 3.63) is 33.8 Å². The molecular formula is C11H13Cl2N. The molecule has 1 saturated heterocycles. The molecule has 1 N–H and O–H groups in total. The van der Waals surface area contributed by atoms with E-state index in [1.165, 1.54) is 18.4 Å². The van der Waals surface area contributed by atoms with Gasteiger partial charge in [-0.1, -0.05) is 29.3 Å².